The van der Waals surface area contributed by atoms with E-state index in [1.54, 1.807) is 11.8 Å². The van der Waals surface area contributed by atoms with Crippen molar-refractivity contribution in [1.82, 2.24) is 0 Å². The van der Waals surface area contributed by atoms with Crippen LogP contribution in [0.2, 0.25) is 0 Å². The molecule has 0 aliphatic carbocycles. The molecule has 1 aromatic carbocycles. The molecule has 3 heteroatoms. The van der Waals surface area contributed by atoms with Crippen molar-refractivity contribution in [3.63, 3.8) is 0 Å². The van der Waals surface area contributed by atoms with Crippen LogP contribution < -0.4 is 11.5 Å². The van der Waals surface area contributed by atoms with Crippen LogP contribution in [-0.4, -0.2) is 18.3 Å². The van der Waals surface area contributed by atoms with Crippen molar-refractivity contribution < 1.29 is 0 Å². The van der Waals surface area contributed by atoms with Gasteiger partial charge >= 0.3 is 0 Å². The lowest BCUT2D eigenvalue weighted by Crippen LogP contribution is -2.25. The smallest absolute Gasteiger partial charge is 0.0145 e. The van der Waals surface area contributed by atoms with Gasteiger partial charge in [0.2, 0.25) is 0 Å². The minimum atomic E-state index is 0.218. The molecule has 0 aliphatic rings. The molecule has 0 saturated heterocycles. The lowest BCUT2D eigenvalue weighted by Gasteiger charge is -2.08. The molecule has 0 amide bonds. The van der Waals surface area contributed by atoms with E-state index >= 15 is 0 Å². The fraction of sp³-hybridized carbons (Fsp3) is 0.400. The van der Waals surface area contributed by atoms with Gasteiger partial charge in [0.05, 0.1) is 0 Å². The summed E-state index contributed by atoms with van der Waals surface area (Å²) < 4.78 is 0. The maximum absolute atomic E-state index is 5.83. The fourth-order valence-corrected chi connectivity index (χ4v) is 1.94. The second-order valence-electron chi connectivity index (χ2n) is 2.96. The van der Waals surface area contributed by atoms with Crippen LogP contribution in [0, 0.1) is 0 Å². The highest BCUT2D eigenvalue weighted by Crippen LogP contribution is 2.17. The first-order valence-electron chi connectivity index (χ1n) is 4.46. The van der Waals surface area contributed by atoms with Gasteiger partial charge in [0.25, 0.3) is 0 Å². The summed E-state index contributed by atoms with van der Waals surface area (Å²) in [6, 6.07) is 10.5. The molecule has 0 fully saturated rings. The molecule has 1 rings (SSSR count). The van der Waals surface area contributed by atoms with Gasteiger partial charge in [0.1, 0.15) is 0 Å². The van der Waals surface area contributed by atoms with Crippen molar-refractivity contribution in [1.29, 1.82) is 0 Å². The molecule has 1 aromatic rings. The molecular formula is C10H16N2S. The zero-order valence-electron chi connectivity index (χ0n) is 7.65. The number of benzene rings is 1. The highest BCUT2D eigenvalue weighted by atomic mass is 32.2. The number of hydrogen-bond donors (Lipinski definition) is 2. The predicted octanol–water partition coefficient (Wildman–Crippen LogP) is 1.45. The Hall–Kier alpha value is -0.510. The van der Waals surface area contributed by atoms with E-state index in [0.29, 0.717) is 6.54 Å². The highest BCUT2D eigenvalue weighted by molar-refractivity contribution is 7.99. The van der Waals surface area contributed by atoms with Crippen LogP contribution in [-0.2, 0) is 0 Å². The van der Waals surface area contributed by atoms with Crippen molar-refractivity contribution in [2.45, 2.75) is 17.4 Å². The molecule has 0 aliphatic heterocycles. The number of rotatable bonds is 5. The maximum atomic E-state index is 5.83. The maximum Gasteiger partial charge on any atom is 0.0145 e. The van der Waals surface area contributed by atoms with Crippen LogP contribution in [0.1, 0.15) is 6.42 Å². The molecule has 0 saturated carbocycles. The summed E-state index contributed by atoms with van der Waals surface area (Å²) in [6.07, 6.45) is 0.903. The second kappa shape index (κ2) is 6.02. The average molecular weight is 196 g/mol. The fourth-order valence-electron chi connectivity index (χ4n) is 1.02. The topological polar surface area (TPSA) is 52.0 Å². The standard InChI is InChI=1S/C10H16N2S/c11-7-6-9(12)8-13-10-4-2-1-3-5-10/h1-5,9H,6-8,11-12H2/t9-/m1/s1. The summed E-state index contributed by atoms with van der Waals surface area (Å²) in [5.74, 6) is 0.946. The van der Waals surface area contributed by atoms with Gasteiger partial charge < -0.3 is 11.5 Å². The molecule has 1 atom stereocenters. The van der Waals surface area contributed by atoms with Crippen LogP contribution in [0.4, 0.5) is 0 Å². The first-order valence-corrected chi connectivity index (χ1v) is 5.45. The van der Waals surface area contributed by atoms with Gasteiger partial charge in [-0.2, -0.15) is 0 Å². The van der Waals surface area contributed by atoms with Crippen LogP contribution in [0.15, 0.2) is 35.2 Å². The van der Waals surface area contributed by atoms with Gasteiger partial charge in [0.15, 0.2) is 0 Å². The Morgan fingerprint density at radius 3 is 2.54 bits per heavy atom. The van der Waals surface area contributed by atoms with Crippen molar-refractivity contribution in [2.24, 2.45) is 11.5 Å². The Bertz CT molecular complexity index is 226. The second-order valence-corrected chi connectivity index (χ2v) is 4.05. The zero-order valence-corrected chi connectivity index (χ0v) is 8.46. The quantitative estimate of drug-likeness (QED) is 0.701. The summed E-state index contributed by atoms with van der Waals surface area (Å²) in [4.78, 5) is 1.27. The molecule has 0 aromatic heterocycles. The van der Waals surface area contributed by atoms with E-state index in [1.165, 1.54) is 4.90 Å². The molecule has 0 bridgehead atoms. The minimum absolute atomic E-state index is 0.218. The van der Waals surface area contributed by atoms with E-state index in [2.05, 4.69) is 12.1 Å². The van der Waals surface area contributed by atoms with Crippen LogP contribution in [0.3, 0.4) is 0 Å². The summed E-state index contributed by atoms with van der Waals surface area (Å²) in [6.45, 7) is 0.677. The van der Waals surface area contributed by atoms with E-state index < -0.39 is 0 Å². The number of thioether (sulfide) groups is 1. The first-order chi connectivity index (χ1) is 6.33. The van der Waals surface area contributed by atoms with E-state index in [4.69, 9.17) is 11.5 Å². The summed E-state index contributed by atoms with van der Waals surface area (Å²) in [5, 5.41) is 0. The Labute approximate surface area is 83.7 Å². The van der Waals surface area contributed by atoms with Crippen LogP contribution >= 0.6 is 11.8 Å². The number of nitrogens with two attached hydrogens (primary N) is 2. The average Bonchev–Trinajstić information content (AvgIpc) is 2.17. The highest BCUT2D eigenvalue weighted by Gasteiger charge is 2.01. The van der Waals surface area contributed by atoms with Gasteiger partial charge in [-0.1, -0.05) is 18.2 Å². The van der Waals surface area contributed by atoms with Crippen LogP contribution in [0.5, 0.6) is 0 Å². The third-order valence-corrected chi connectivity index (χ3v) is 2.95. The molecule has 2 nitrogen and oxygen atoms in total. The van der Waals surface area contributed by atoms with E-state index in [0.717, 1.165) is 12.2 Å². The van der Waals surface area contributed by atoms with Crippen molar-refractivity contribution >= 4 is 11.8 Å². The van der Waals surface area contributed by atoms with Gasteiger partial charge in [-0.05, 0) is 25.1 Å². The Kier molecular flexibility index (Phi) is 4.90. The predicted molar refractivity (Wildman–Crippen MR) is 58.8 cm³/mol. The lowest BCUT2D eigenvalue weighted by atomic mass is 10.2. The number of hydrogen-bond acceptors (Lipinski definition) is 3. The van der Waals surface area contributed by atoms with E-state index in [1.807, 2.05) is 18.2 Å². The van der Waals surface area contributed by atoms with Gasteiger partial charge in [-0.25, -0.2) is 0 Å². The van der Waals surface area contributed by atoms with E-state index in [9.17, 15) is 0 Å². The molecule has 0 unspecified atom stereocenters. The third kappa shape index (κ3) is 4.31. The van der Waals surface area contributed by atoms with Gasteiger partial charge in [-0.15, -0.1) is 11.8 Å². The third-order valence-electron chi connectivity index (χ3n) is 1.74. The van der Waals surface area contributed by atoms with Crippen molar-refractivity contribution in [3.05, 3.63) is 30.3 Å². The zero-order chi connectivity index (χ0) is 9.52. The Morgan fingerprint density at radius 1 is 1.23 bits per heavy atom. The first kappa shape index (κ1) is 10.6. The van der Waals surface area contributed by atoms with Crippen molar-refractivity contribution in [2.75, 3.05) is 12.3 Å². The molecular weight excluding hydrogens is 180 g/mol. The van der Waals surface area contributed by atoms with Crippen LogP contribution in [0.25, 0.3) is 0 Å². The molecule has 0 radical (unpaired) electrons. The van der Waals surface area contributed by atoms with Gasteiger partial charge in [-0.3, -0.25) is 0 Å². The van der Waals surface area contributed by atoms with Gasteiger partial charge in [0, 0.05) is 16.7 Å². The molecule has 13 heavy (non-hydrogen) atoms. The Morgan fingerprint density at radius 2 is 1.92 bits per heavy atom. The summed E-state index contributed by atoms with van der Waals surface area (Å²) in [5.41, 5.74) is 11.2. The molecule has 0 spiro atoms. The van der Waals surface area contributed by atoms with Crippen molar-refractivity contribution in [3.8, 4) is 0 Å². The monoisotopic (exact) mass is 196 g/mol. The van der Waals surface area contributed by atoms with E-state index in [-0.39, 0.29) is 6.04 Å². The summed E-state index contributed by atoms with van der Waals surface area (Å²) >= 11 is 1.79. The SMILES string of the molecule is NCC[C@@H](N)CSc1ccccc1. The Balaban J connectivity index is 2.27. The lowest BCUT2D eigenvalue weighted by molar-refractivity contribution is 0.684. The molecule has 4 N–H and O–H groups in total. The minimum Gasteiger partial charge on any atom is -0.330 e. The largest absolute Gasteiger partial charge is 0.330 e. The molecule has 0 heterocycles. The normalized spacial score (nSPS) is 12.8. The molecule has 72 valence electrons. The summed E-state index contributed by atoms with van der Waals surface area (Å²) in [7, 11) is 0.